The number of aromatic nitrogens is 4. The van der Waals surface area contributed by atoms with Gasteiger partial charge in [0.2, 0.25) is 0 Å². The number of halogens is 1. The molecule has 2 aromatic heterocycles. The van der Waals surface area contributed by atoms with Crippen molar-refractivity contribution in [3.63, 3.8) is 0 Å². The summed E-state index contributed by atoms with van der Waals surface area (Å²) in [6.45, 7) is 10.0. The van der Waals surface area contributed by atoms with Crippen LogP contribution in [0.2, 0.25) is 0 Å². The summed E-state index contributed by atoms with van der Waals surface area (Å²) >= 11 is 0. The highest BCUT2D eigenvalue weighted by atomic mass is 19.1. The van der Waals surface area contributed by atoms with Crippen LogP contribution in [-0.4, -0.2) is 27.0 Å². The zero-order chi connectivity index (χ0) is 22.5. The molecule has 3 N–H and O–H groups in total. The number of hydrogen-bond donors (Lipinski definition) is 3. The minimum Gasteiger partial charge on any atom is -0.497 e. The number of ether oxygens (including phenoxy) is 1. The molecule has 0 unspecified atom stereocenters. The quantitative estimate of drug-likeness (QED) is 0.609. The first-order valence-electron chi connectivity index (χ1n) is 9.62. The summed E-state index contributed by atoms with van der Waals surface area (Å²) in [6.07, 6.45) is 4.30. The summed E-state index contributed by atoms with van der Waals surface area (Å²) in [5.41, 5.74) is 0.232. The number of H-pyrrole nitrogens is 3. The van der Waals surface area contributed by atoms with Gasteiger partial charge in [0.1, 0.15) is 22.3 Å². The molecule has 0 amide bonds. The predicted molar refractivity (Wildman–Crippen MR) is 116 cm³/mol. The Hall–Kier alpha value is -3.42. The highest BCUT2D eigenvalue weighted by Crippen LogP contribution is 2.22. The number of imidazole rings is 1. The van der Waals surface area contributed by atoms with E-state index < -0.39 is 16.9 Å². The van der Waals surface area contributed by atoms with Crippen molar-refractivity contribution in [3.8, 4) is 5.75 Å². The summed E-state index contributed by atoms with van der Waals surface area (Å²) in [6, 6.07) is 4.13. The van der Waals surface area contributed by atoms with E-state index in [1.54, 1.807) is 0 Å². The van der Waals surface area contributed by atoms with Gasteiger partial charge in [-0.15, -0.1) is 0 Å². The number of nitrogens with zero attached hydrogens (tertiary/aromatic N) is 1. The maximum Gasteiger partial charge on any atom is 0.272 e. The molecule has 0 spiro atoms. The van der Waals surface area contributed by atoms with Crippen LogP contribution in [0.4, 0.5) is 4.39 Å². The molecule has 0 aliphatic heterocycles. The summed E-state index contributed by atoms with van der Waals surface area (Å²) in [7, 11) is 1.46. The van der Waals surface area contributed by atoms with Crippen molar-refractivity contribution in [1.82, 2.24) is 19.9 Å². The lowest BCUT2D eigenvalue weighted by molar-refractivity contribution is 0.413. The van der Waals surface area contributed by atoms with E-state index in [0.29, 0.717) is 11.4 Å². The lowest BCUT2D eigenvalue weighted by atomic mass is 9.90. The number of rotatable bonds is 3. The van der Waals surface area contributed by atoms with E-state index in [-0.39, 0.29) is 21.7 Å². The third-order valence-corrected chi connectivity index (χ3v) is 4.19. The van der Waals surface area contributed by atoms with Gasteiger partial charge in [-0.25, -0.2) is 9.37 Å². The maximum absolute atomic E-state index is 14.0. The monoisotopic (exact) mass is 414 g/mol. The Bertz CT molecular complexity index is 1250. The molecule has 30 heavy (non-hydrogen) atoms. The van der Waals surface area contributed by atoms with Gasteiger partial charge in [-0.1, -0.05) is 34.6 Å². The van der Waals surface area contributed by atoms with Crippen LogP contribution in [-0.2, 0) is 5.41 Å². The van der Waals surface area contributed by atoms with Crippen LogP contribution in [0, 0.1) is 5.82 Å². The van der Waals surface area contributed by atoms with Crippen LogP contribution in [0.5, 0.6) is 5.75 Å². The zero-order valence-electron chi connectivity index (χ0n) is 18.0. The minimum absolute atomic E-state index is 0.0610. The molecule has 8 heteroatoms. The lowest BCUT2D eigenvalue weighted by Crippen LogP contribution is -2.46. The highest BCUT2D eigenvalue weighted by Gasteiger charge is 2.19. The third kappa shape index (κ3) is 5.14. The van der Waals surface area contributed by atoms with Crippen molar-refractivity contribution >= 4 is 12.2 Å². The number of benzene rings is 1. The molecule has 3 rings (SSSR count). The Balaban J connectivity index is 0.00000155. The number of hydrogen-bond acceptors (Lipinski definition) is 4. The molecule has 0 radical (unpaired) electrons. The summed E-state index contributed by atoms with van der Waals surface area (Å²) in [5.74, 6) is -0.104. The summed E-state index contributed by atoms with van der Waals surface area (Å²) < 4.78 is 19.1. The van der Waals surface area contributed by atoms with Gasteiger partial charge in [-0.2, -0.15) is 0 Å². The molecule has 3 aromatic rings. The van der Waals surface area contributed by atoms with Gasteiger partial charge in [0.15, 0.2) is 0 Å². The normalized spacial score (nSPS) is 12.5. The summed E-state index contributed by atoms with van der Waals surface area (Å²) in [5, 5.41) is -0.00163. The first-order chi connectivity index (χ1) is 14.2. The molecule has 2 heterocycles. The number of nitrogens with one attached hydrogen (secondary N) is 3. The summed E-state index contributed by atoms with van der Waals surface area (Å²) in [4.78, 5) is 37.2. The van der Waals surface area contributed by atoms with Gasteiger partial charge in [0.05, 0.1) is 19.1 Å². The van der Waals surface area contributed by atoms with Crippen molar-refractivity contribution in [2.24, 2.45) is 0 Å². The molecule has 0 aliphatic carbocycles. The molecule has 7 nitrogen and oxygen atoms in total. The molecule has 1 aromatic carbocycles. The van der Waals surface area contributed by atoms with E-state index in [1.165, 1.54) is 43.8 Å². The molecule has 0 aliphatic rings. The van der Waals surface area contributed by atoms with Crippen LogP contribution in [0.1, 0.15) is 51.6 Å². The average Bonchev–Trinajstić information content (AvgIpc) is 3.17. The van der Waals surface area contributed by atoms with Crippen molar-refractivity contribution in [2.75, 3.05) is 7.11 Å². The fourth-order valence-corrected chi connectivity index (χ4v) is 2.76. The van der Waals surface area contributed by atoms with Crippen molar-refractivity contribution in [1.29, 1.82) is 0 Å². The molecular weight excluding hydrogens is 387 g/mol. The van der Waals surface area contributed by atoms with Crippen molar-refractivity contribution < 1.29 is 9.13 Å². The molecule has 0 atom stereocenters. The first kappa shape index (κ1) is 22.9. The Morgan fingerprint density at radius 2 is 1.63 bits per heavy atom. The molecule has 160 valence electrons. The molecule has 0 fully saturated rings. The van der Waals surface area contributed by atoms with Crippen LogP contribution in [0.25, 0.3) is 12.2 Å². The number of methoxy groups -OCH3 is 1. The van der Waals surface area contributed by atoms with E-state index in [1.807, 2.05) is 34.6 Å². The largest absolute Gasteiger partial charge is 0.497 e. The Morgan fingerprint density at radius 1 is 1.03 bits per heavy atom. The third-order valence-electron chi connectivity index (χ3n) is 4.19. The topological polar surface area (TPSA) is 104 Å². The lowest BCUT2D eigenvalue weighted by Gasteiger charge is -2.16. The van der Waals surface area contributed by atoms with Gasteiger partial charge in [0, 0.05) is 16.7 Å². The van der Waals surface area contributed by atoms with Gasteiger partial charge in [0.25, 0.3) is 11.1 Å². The molecule has 0 saturated carbocycles. The standard InChI is InChI=1S/C20H21FN4O3.C2H6/c1-20(2,3)17-14(22-10-23-17)9-16-19(27)24-15(18(26)25-16)8-11-7-12(28-4)5-6-13(11)21;1-2/h5-10H,1-4H3,(H,22,23)(H,24,27)(H,25,26);1-2H3/b15-8-,16-9-;. The fourth-order valence-electron chi connectivity index (χ4n) is 2.76. The van der Waals surface area contributed by atoms with Crippen LogP contribution in [0.15, 0.2) is 34.1 Å². The SMILES string of the molecule is CC.COc1ccc(F)c(/C=c2\[nH]c(=O)/c(=C/c3nc[nH]c3C(C)(C)C)[nH]c2=O)c1. The van der Waals surface area contributed by atoms with E-state index in [9.17, 15) is 14.0 Å². The van der Waals surface area contributed by atoms with Gasteiger partial charge in [-0.3, -0.25) is 9.59 Å². The Labute approximate surface area is 173 Å². The fraction of sp³-hybridized carbons (Fsp3) is 0.318. The molecule has 0 saturated heterocycles. The highest BCUT2D eigenvalue weighted by molar-refractivity contribution is 5.52. The maximum atomic E-state index is 14.0. The van der Waals surface area contributed by atoms with Crippen LogP contribution in [0.3, 0.4) is 0 Å². The van der Waals surface area contributed by atoms with Crippen molar-refractivity contribution in [3.05, 3.63) is 78.7 Å². The smallest absolute Gasteiger partial charge is 0.272 e. The van der Waals surface area contributed by atoms with E-state index in [0.717, 1.165) is 5.69 Å². The predicted octanol–water partition coefficient (Wildman–Crippen LogP) is 1.92. The average molecular weight is 414 g/mol. The minimum atomic E-state index is -0.555. The van der Waals surface area contributed by atoms with Gasteiger partial charge < -0.3 is 19.7 Å². The van der Waals surface area contributed by atoms with Crippen LogP contribution >= 0.6 is 0 Å². The number of aromatic amines is 3. The Kier molecular flexibility index (Phi) is 7.15. The second-order valence-corrected chi connectivity index (χ2v) is 7.32. The van der Waals surface area contributed by atoms with Gasteiger partial charge in [-0.05, 0) is 30.4 Å². The van der Waals surface area contributed by atoms with Crippen molar-refractivity contribution in [2.45, 2.75) is 40.0 Å². The van der Waals surface area contributed by atoms with E-state index in [2.05, 4.69) is 19.9 Å². The zero-order valence-corrected chi connectivity index (χ0v) is 18.0. The first-order valence-corrected chi connectivity index (χ1v) is 9.62. The second kappa shape index (κ2) is 9.39. The second-order valence-electron chi connectivity index (χ2n) is 7.32. The van der Waals surface area contributed by atoms with Crippen LogP contribution < -0.4 is 26.6 Å². The Morgan fingerprint density at radius 3 is 2.20 bits per heavy atom. The van der Waals surface area contributed by atoms with E-state index in [4.69, 9.17) is 4.74 Å². The van der Waals surface area contributed by atoms with Gasteiger partial charge >= 0.3 is 0 Å². The van der Waals surface area contributed by atoms with E-state index >= 15 is 0 Å². The molecular formula is C22H27FN4O3. The molecule has 0 bridgehead atoms.